The summed E-state index contributed by atoms with van der Waals surface area (Å²) in [5, 5.41) is 4.17. The maximum Gasteiger partial charge on any atom is 0.0409 e. The Morgan fingerprint density at radius 1 is 1.50 bits per heavy atom. The summed E-state index contributed by atoms with van der Waals surface area (Å²) in [6, 6.07) is 8.84. The van der Waals surface area contributed by atoms with E-state index in [1.165, 1.54) is 31.5 Å². The zero-order valence-corrected chi connectivity index (χ0v) is 12.1. The largest absolute Gasteiger partial charge is 0.317 e. The molecule has 1 heterocycles. The fourth-order valence-electron chi connectivity index (χ4n) is 2.76. The smallest absolute Gasteiger partial charge is 0.0409 e. The van der Waals surface area contributed by atoms with Crippen molar-refractivity contribution in [1.82, 2.24) is 10.2 Å². The van der Waals surface area contributed by atoms with E-state index in [0.29, 0.717) is 6.04 Å². The molecule has 1 aliphatic rings. The Hall–Kier alpha value is -0.570. The van der Waals surface area contributed by atoms with Gasteiger partial charge in [0.05, 0.1) is 0 Å². The van der Waals surface area contributed by atoms with E-state index in [0.717, 1.165) is 17.5 Å². The lowest BCUT2D eigenvalue weighted by Gasteiger charge is -2.18. The second-order valence-corrected chi connectivity index (χ2v) is 5.88. The third kappa shape index (κ3) is 3.98. The van der Waals surface area contributed by atoms with E-state index in [9.17, 15) is 0 Å². The maximum absolute atomic E-state index is 6.02. The molecule has 0 bridgehead atoms. The highest BCUT2D eigenvalue weighted by Crippen LogP contribution is 2.23. The quantitative estimate of drug-likeness (QED) is 0.881. The van der Waals surface area contributed by atoms with Gasteiger partial charge in [-0.05, 0) is 57.0 Å². The first-order chi connectivity index (χ1) is 8.67. The van der Waals surface area contributed by atoms with E-state index in [4.69, 9.17) is 11.6 Å². The van der Waals surface area contributed by atoms with Crippen LogP contribution in [0, 0.1) is 5.92 Å². The Morgan fingerprint density at radius 3 is 3.06 bits per heavy atom. The minimum absolute atomic E-state index is 0.626. The van der Waals surface area contributed by atoms with Gasteiger partial charge in [-0.15, -0.1) is 0 Å². The van der Waals surface area contributed by atoms with Crippen molar-refractivity contribution in [3.8, 4) is 0 Å². The third-order valence-electron chi connectivity index (χ3n) is 3.84. The standard InChI is InChI=1S/C15H23ClN2/c1-12(17-2)8-14-6-7-18(11-14)10-13-4-3-5-15(16)9-13/h3-5,9,12,14,17H,6-8,10-11H2,1-2H3. The molecule has 1 aromatic carbocycles. The van der Waals surface area contributed by atoms with Gasteiger partial charge in [0.1, 0.15) is 0 Å². The highest BCUT2D eigenvalue weighted by atomic mass is 35.5. The van der Waals surface area contributed by atoms with Crippen molar-refractivity contribution < 1.29 is 0 Å². The highest BCUT2D eigenvalue weighted by molar-refractivity contribution is 6.30. The second kappa shape index (κ2) is 6.55. The zero-order valence-electron chi connectivity index (χ0n) is 11.3. The molecule has 100 valence electrons. The summed E-state index contributed by atoms with van der Waals surface area (Å²) in [7, 11) is 2.04. The van der Waals surface area contributed by atoms with Crippen LogP contribution >= 0.6 is 11.6 Å². The monoisotopic (exact) mass is 266 g/mol. The summed E-state index contributed by atoms with van der Waals surface area (Å²) < 4.78 is 0. The van der Waals surface area contributed by atoms with Gasteiger partial charge >= 0.3 is 0 Å². The Kier molecular flexibility index (Phi) is 5.04. The van der Waals surface area contributed by atoms with Crippen LogP contribution < -0.4 is 5.32 Å². The molecule has 0 radical (unpaired) electrons. The summed E-state index contributed by atoms with van der Waals surface area (Å²) in [6.45, 7) is 5.73. The van der Waals surface area contributed by atoms with Crippen LogP contribution in [0.15, 0.2) is 24.3 Å². The van der Waals surface area contributed by atoms with Crippen molar-refractivity contribution in [2.45, 2.75) is 32.4 Å². The molecule has 0 aromatic heterocycles. The minimum atomic E-state index is 0.626. The summed E-state index contributed by atoms with van der Waals surface area (Å²) >= 11 is 6.02. The lowest BCUT2D eigenvalue weighted by atomic mass is 10.0. The molecule has 0 aliphatic carbocycles. The van der Waals surface area contributed by atoms with Crippen molar-refractivity contribution in [3.63, 3.8) is 0 Å². The van der Waals surface area contributed by atoms with Crippen LogP contribution in [0.1, 0.15) is 25.3 Å². The van der Waals surface area contributed by atoms with Gasteiger partial charge in [0.25, 0.3) is 0 Å². The third-order valence-corrected chi connectivity index (χ3v) is 4.08. The predicted octanol–water partition coefficient (Wildman–Crippen LogP) is 3.16. The summed E-state index contributed by atoms with van der Waals surface area (Å²) in [5.41, 5.74) is 1.32. The predicted molar refractivity (Wildman–Crippen MR) is 78.0 cm³/mol. The number of halogens is 1. The molecule has 3 heteroatoms. The number of hydrogen-bond acceptors (Lipinski definition) is 2. The number of rotatable bonds is 5. The molecule has 2 atom stereocenters. The van der Waals surface area contributed by atoms with Crippen LogP contribution in [0.25, 0.3) is 0 Å². The molecule has 1 aromatic rings. The highest BCUT2D eigenvalue weighted by Gasteiger charge is 2.23. The fraction of sp³-hybridized carbons (Fsp3) is 0.600. The van der Waals surface area contributed by atoms with Crippen molar-refractivity contribution in [1.29, 1.82) is 0 Å². The number of nitrogens with one attached hydrogen (secondary N) is 1. The van der Waals surface area contributed by atoms with Gasteiger partial charge < -0.3 is 5.32 Å². The van der Waals surface area contributed by atoms with E-state index < -0.39 is 0 Å². The van der Waals surface area contributed by atoms with E-state index in [2.05, 4.69) is 29.3 Å². The lowest BCUT2D eigenvalue weighted by Crippen LogP contribution is -2.26. The normalized spacial score (nSPS) is 22.3. The molecule has 1 N–H and O–H groups in total. The molecule has 0 amide bonds. The Balaban J connectivity index is 1.82. The molecule has 1 saturated heterocycles. The average Bonchev–Trinajstić information content (AvgIpc) is 2.76. The van der Waals surface area contributed by atoms with Crippen LogP contribution in [0.5, 0.6) is 0 Å². The van der Waals surface area contributed by atoms with Crippen LogP contribution in [0.4, 0.5) is 0 Å². The van der Waals surface area contributed by atoms with Crippen LogP contribution in [-0.4, -0.2) is 31.1 Å². The Labute approximate surface area is 115 Å². The molecule has 0 saturated carbocycles. The second-order valence-electron chi connectivity index (χ2n) is 5.45. The first-order valence-electron chi connectivity index (χ1n) is 6.81. The SMILES string of the molecule is CNC(C)CC1CCN(Cc2cccc(Cl)c2)C1. The van der Waals surface area contributed by atoms with Crippen LogP contribution in [0.2, 0.25) is 5.02 Å². The van der Waals surface area contributed by atoms with E-state index in [1.54, 1.807) is 0 Å². The van der Waals surface area contributed by atoms with Crippen molar-refractivity contribution in [2.24, 2.45) is 5.92 Å². The van der Waals surface area contributed by atoms with E-state index in [-0.39, 0.29) is 0 Å². The molecule has 2 nitrogen and oxygen atoms in total. The topological polar surface area (TPSA) is 15.3 Å². The first kappa shape index (κ1) is 13.9. The summed E-state index contributed by atoms with van der Waals surface area (Å²) in [6.07, 6.45) is 2.61. The molecule has 2 rings (SSSR count). The molecule has 1 fully saturated rings. The van der Waals surface area contributed by atoms with Gasteiger partial charge in [-0.25, -0.2) is 0 Å². The minimum Gasteiger partial charge on any atom is -0.317 e. The molecule has 2 unspecified atom stereocenters. The van der Waals surface area contributed by atoms with Gasteiger partial charge in [0.2, 0.25) is 0 Å². The van der Waals surface area contributed by atoms with E-state index >= 15 is 0 Å². The maximum atomic E-state index is 6.02. The lowest BCUT2D eigenvalue weighted by molar-refractivity contribution is 0.307. The van der Waals surface area contributed by atoms with Crippen molar-refractivity contribution in [2.75, 3.05) is 20.1 Å². The number of hydrogen-bond donors (Lipinski definition) is 1. The number of likely N-dealkylation sites (tertiary alicyclic amines) is 1. The first-order valence-corrected chi connectivity index (χ1v) is 7.19. The molecule has 1 aliphatic heterocycles. The van der Waals surface area contributed by atoms with Crippen LogP contribution in [0.3, 0.4) is 0 Å². The number of nitrogens with zero attached hydrogens (tertiary/aromatic N) is 1. The van der Waals surface area contributed by atoms with E-state index in [1.807, 2.05) is 19.2 Å². The van der Waals surface area contributed by atoms with Gasteiger partial charge in [-0.1, -0.05) is 23.7 Å². The van der Waals surface area contributed by atoms with Gasteiger partial charge in [0.15, 0.2) is 0 Å². The summed E-state index contributed by atoms with van der Waals surface area (Å²) in [4.78, 5) is 2.54. The van der Waals surface area contributed by atoms with Gasteiger partial charge in [-0.2, -0.15) is 0 Å². The molecular weight excluding hydrogens is 244 g/mol. The van der Waals surface area contributed by atoms with Crippen molar-refractivity contribution in [3.05, 3.63) is 34.9 Å². The Morgan fingerprint density at radius 2 is 2.33 bits per heavy atom. The zero-order chi connectivity index (χ0) is 13.0. The Bertz CT molecular complexity index is 381. The van der Waals surface area contributed by atoms with Gasteiger partial charge in [0, 0.05) is 24.2 Å². The molecule has 0 spiro atoms. The fourth-order valence-corrected chi connectivity index (χ4v) is 2.97. The number of benzene rings is 1. The van der Waals surface area contributed by atoms with Crippen molar-refractivity contribution >= 4 is 11.6 Å². The molecular formula is C15H23ClN2. The molecule has 18 heavy (non-hydrogen) atoms. The van der Waals surface area contributed by atoms with Crippen LogP contribution in [-0.2, 0) is 6.54 Å². The average molecular weight is 267 g/mol. The van der Waals surface area contributed by atoms with Gasteiger partial charge in [-0.3, -0.25) is 4.90 Å². The summed E-state index contributed by atoms with van der Waals surface area (Å²) in [5.74, 6) is 0.839.